The first-order valence-corrected chi connectivity index (χ1v) is 9.57. The summed E-state index contributed by atoms with van der Waals surface area (Å²) in [6.45, 7) is 13.5. The molecule has 0 spiro atoms. The second-order valence-corrected chi connectivity index (χ2v) is 9.79. The molecule has 4 atom stereocenters. The normalized spacial score (nSPS) is 47.6. The Bertz CT molecular complexity index is 369. The summed E-state index contributed by atoms with van der Waals surface area (Å²) in [6, 6.07) is 0.754. The van der Waals surface area contributed by atoms with Gasteiger partial charge in [0.25, 0.3) is 0 Å². The highest BCUT2D eigenvalue weighted by atomic mass is 14.9. The molecule has 1 N–H and O–H groups in total. The average Bonchev–Trinajstić information content (AvgIpc) is 2.31. The van der Waals surface area contributed by atoms with Crippen molar-refractivity contribution in [3.05, 3.63) is 0 Å². The van der Waals surface area contributed by atoms with Gasteiger partial charge in [-0.2, -0.15) is 0 Å². The van der Waals surface area contributed by atoms with Crippen molar-refractivity contribution >= 4 is 0 Å². The fraction of sp³-hybridized carbons (Fsp3) is 1.00. The highest BCUT2D eigenvalue weighted by molar-refractivity contribution is 5.14. The maximum Gasteiger partial charge on any atom is 0.0149 e. The molecule has 0 aromatic rings. The lowest BCUT2D eigenvalue weighted by atomic mass is 9.38. The van der Waals surface area contributed by atoms with E-state index in [9.17, 15) is 0 Å². The summed E-state index contributed by atoms with van der Waals surface area (Å²) in [4.78, 5) is 0. The van der Waals surface area contributed by atoms with Crippen molar-refractivity contribution in [2.24, 2.45) is 28.1 Å². The first-order chi connectivity index (χ1) is 9.84. The van der Waals surface area contributed by atoms with Gasteiger partial charge in [-0.15, -0.1) is 0 Å². The first kappa shape index (κ1) is 15.8. The molecule has 0 amide bonds. The molecule has 4 bridgehead atoms. The van der Waals surface area contributed by atoms with Crippen molar-refractivity contribution in [1.82, 2.24) is 5.32 Å². The molecule has 4 unspecified atom stereocenters. The number of rotatable bonds is 6. The van der Waals surface area contributed by atoms with Crippen LogP contribution in [0.1, 0.15) is 86.0 Å². The largest absolute Gasteiger partial charge is 0.313 e. The van der Waals surface area contributed by atoms with E-state index in [0.717, 1.165) is 24.4 Å². The van der Waals surface area contributed by atoms with Crippen LogP contribution in [0.25, 0.3) is 0 Å². The van der Waals surface area contributed by atoms with Gasteiger partial charge in [-0.1, -0.05) is 41.0 Å². The van der Waals surface area contributed by atoms with Gasteiger partial charge in [-0.3, -0.25) is 0 Å². The minimum Gasteiger partial charge on any atom is -0.313 e. The van der Waals surface area contributed by atoms with Gasteiger partial charge in [0.05, 0.1) is 0 Å². The van der Waals surface area contributed by atoms with Crippen LogP contribution in [0.15, 0.2) is 0 Å². The fourth-order valence-corrected chi connectivity index (χ4v) is 7.75. The Morgan fingerprint density at radius 3 is 2.10 bits per heavy atom. The van der Waals surface area contributed by atoms with Crippen molar-refractivity contribution in [2.75, 3.05) is 6.54 Å². The second kappa shape index (κ2) is 5.25. The van der Waals surface area contributed by atoms with Gasteiger partial charge in [-0.25, -0.2) is 0 Å². The van der Waals surface area contributed by atoms with E-state index in [1.54, 1.807) is 0 Å². The molecule has 0 aromatic heterocycles. The number of nitrogens with one attached hydrogen (secondary N) is 1. The van der Waals surface area contributed by atoms with Crippen molar-refractivity contribution in [2.45, 2.75) is 92.0 Å². The Kier molecular flexibility index (Phi) is 3.96. The molecule has 4 fully saturated rings. The molecule has 0 aliphatic heterocycles. The Morgan fingerprint density at radius 1 is 1.00 bits per heavy atom. The first-order valence-electron chi connectivity index (χ1n) is 9.57. The second-order valence-electron chi connectivity index (χ2n) is 9.79. The molecular formula is C20H37N. The fourth-order valence-electron chi connectivity index (χ4n) is 7.75. The summed E-state index contributed by atoms with van der Waals surface area (Å²) >= 11 is 0. The molecule has 122 valence electrons. The Balaban J connectivity index is 1.91. The standard InChI is InChI=1S/C20H37N/c1-6-8-15(3)17(21-7-2)20-11-16-9-18(4,13-20)12-19(5,10-16)14-20/h15-17,21H,6-14H2,1-5H3. The highest BCUT2D eigenvalue weighted by Gasteiger charge is 2.62. The van der Waals surface area contributed by atoms with E-state index in [1.165, 1.54) is 51.4 Å². The summed E-state index contributed by atoms with van der Waals surface area (Å²) in [6.07, 6.45) is 11.8. The van der Waals surface area contributed by atoms with E-state index in [2.05, 4.69) is 39.9 Å². The van der Waals surface area contributed by atoms with Crippen LogP contribution >= 0.6 is 0 Å². The molecular weight excluding hydrogens is 254 g/mol. The predicted octanol–water partition coefficient (Wildman–Crippen LogP) is 5.40. The summed E-state index contributed by atoms with van der Waals surface area (Å²) in [5, 5.41) is 3.96. The van der Waals surface area contributed by atoms with E-state index in [0.29, 0.717) is 16.2 Å². The van der Waals surface area contributed by atoms with Crippen LogP contribution in [-0.2, 0) is 0 Å². The zero-order valence-electron chi connectivity index (χ0n) is 15.1. The molecule has 1 heteroatoms. The van der Waals surface area contributed by atoms with E-state index >= 15 is 0 Å². The summed E-state index contributed by atoms with van der Waals surface area (Å²) in [5.41, 5.74) is 1.90. The van der Waals surface area contributed by atoms with Crippen LogP contribution in [-0.4, -0.2) is 12.6 Å². The van der Waals surface area contributed by atoms with Crippen LogP contribution < -0.4 is 5.32 Å². The van der Waals surface area contributed by atoms with Crippen LogP contribution in [0, 0.1) is 28.1 Å². The van der Waals surface area contributed by atoms with Gasteiger partial charge in [0.1, 0.15) is 0 Å². The zero-order valence-corrected chi connectivity index (χ0v) is 15.1. The van der Waals surface area contributed by atoms with E-state index in [1.807, 2.05) is 0 Å². The van der Waals surface area contributed by atoms with Gasteiger partial charge >= 0.3 is 0 Å². The monoisotopic (exact) mass is 291 g/mol. The maximum absolute atomic E-state index is 3.96. The third-order valence-corrected chi connectivity index (χ3v) is 7.07. The molecule has 0 heterocycles. The molecule has 0 aromatic carbocycles. The van der Waals surface area contributed by atoms with Gasteiger partial charge in [0, 0.05) is 6.04 Å². The van der Waals surface area contributed by atoms with Crippen LogP contribution in [0.5, 0.6) is 0 Å². The average molecular weight is 292 g/mol. The maximum atomic E-state index is 3.96. The molecule has 4 aliphatic rings. The summed E-state index contributed by atoms with van der Waals surface area (Å²) in [5.74, 6) is 1.85. The molecule has 4 saturated carbocycles. The van der Waals surface area contributed by atoms with E-state index in [-0.39, 0.29) is 0 Å². The highest BCUT2D eigenvalue weighted by Crippen LogP contribution is 2.70. The van der Waals surface area contributed by atoms with Gasteiger partial charge in [-0.05, 0) is 79.6 Å². The van der Waals surface area contributed by atoms with Crippen LogP contribution in [0.4, 0.5) is 0 Å². The van der Waals surface area contributed by atoms with Crippen molar-refractivity contribution in [3.63, 3.8) is 0 Å². The SMILES string of the molecule is CCCC(C)C(NCC)C12CC3CC(C)(CC(C)(C3)C1)C2. The Morgan fingerprint density at radius 2 is 1.62 bits per heavy atom. The predicted molar refractivity (Wildman–Crippen MR) is 91.4 cm³/mol. The van der Waals surface area contributed by atoms with Crippen molar-refractivity contribution in [3.8, 4) is 0 Å². The molecule has 0 radical (unpaired) electrons. The zero-order chi connectivity index (χ0) is 15.3. The van der Waals surface area contributed by atoms with Crippen LogP contribution in [0.2, 0.25) is 0 Å². The minimum atomic E-state index is 0.605. The van der Waals surface area contributed by atoms with Crippen molar-refractivity contribution < 1.29 is 0 Å². The summed E-state index contributed by atoms with van der Waals surface area (Å²) in [7, 11) is 0. The van der Waals surface area contributed by atoms with Gasteiger partial charge in [0.15, 0.2) is 0 Å². The lowest BCUT2D eigenvalue weighted by molar-refractivity contribution is -0.163. The Labute approximate surface area is 132 Å². The minimum absolute atomic E-state index is 0.605. The molecule has 4 aliphatic carbocycles. The third-order valence-electron chi connectivity index (χ3n) is 7.07. The quantitative estimate of drug-likeness (QED) is 0.691. The Hall–Kier alpha value is -0.0400. The van der Waals surface area contributed by atoms with Gasteiger partial charge in [0.2, 0.25) is 0 Å². The number of hydrogen-bond acceptors (Lipinski definition) is 1. The van der Waals surface area contributed by atoms with Crippen molar-refractivity contribution in [1.29, 1.82) is 0 Å². The van der Waals surface area contributed by atoms with E-state index < -0.39 is 0 Å². The molecule has 0 saturated heterocycles. The lowest BCUT2D eigenvalue weighted by Crippen LogP contribution is -2.62. The summed E-state index contributed by atoms with van der Waals surface area (Å²) < 4.78 is 0. The van der Waals surface area contributed by atoms with E-state index in [4.69, 9.17) is 0 Å². The number of hydrogen-bond donors (Lipinski definition) is 1. The molecule has 4 rings (SSSR count). The lowest BCUT2D eigenvalue weighted by Gasteiger charge is -2.68. The molecule has 1 nitrogen and oxygen atoms in total. The topological polar surface area (TPSA) is 12.0 Å². The third kappa shape index (κ3) is 2.69. The van der Waals surface area contributed by atoms with Gasteiger partial charge < -0.3 is 5.32 Å². The van der Waals surface area contributed by atoms with Crippen LogP contribution in [0.3, 0.4) is 0 Å². The molecule has 21 heavy (non-hydrogen) atoms. The smallest absolute Gasteiger partial charge is 0.0149 e.